The standard InChI is InChI=1S/C21H24ClN3O3/c22-16-10-14(7-8-23-16)24-19(26)11-3-5-15(6-4-11)25-20(27)17-12-1-2-13(9-12)18(17)21(25)28/h7-8,10-13,15,17-18H,1-6,9H2,(H,23,24,26)/t11-,12-,13+,15-,17-,18+. The molecule has 6 nitrogen and oxygen atoms in total. The molecule has 3 saturated carbocycles. The van der Waals surface area contributed by atoms with Gasteiger partial charge < -0.3 is 5.32 Å². The second kappa shape index (κ2) is 6.83. The van der Waals surface area contributed by atoms with E-state index in [9.17, 15) is 14.4 Å². The van der Waals surface area contributed by atoms with Crippen LogP contribution in [0.15, 0.2) is 18.3 Å². The maximum absolute atomic E-state index is 13.0. The lowest BCUT2D eigenvalue weighted by molar-refractivity contribution is -0.144. The van der Waals surface area contributed by atoms with Gasteiger partial charge in [-0.15, -0.1) is 0 Å². The molecular formula is C21H24ClN3O3. The Hall–Kier alpha value is -1.95. The minimum Gasteiger partial charge on any atom is -0.326 e. The van der Waals surface area contributed by atoms with Crippen molar-refractivity contribution in [2.75, 3.05) is 5.32 Å². The van der Waals surface area contributed by atoms with Crippen LogP contribution in [0, 0.1) is 29.6 Å². The molecule has 1 aliphatic heterocycles. The number of nitrogens with one attached hydrogen (secondary N) is 1. The quantitative estimate of drug-likeness (QED) is 0.622. The van der Waals surface area contributed by atoms with E-state index in [-0.39, 0.29) is 41.5 Å². The highest BCUT2D eigenvalue weighted by atomic mass is 35.5. The van der Waals surface area contributed by atoms with Crippen LogP contribution in [0.25, 0.3) is 0 Å². The van der Waals surface area contributed by atoms with Crippen molar-refractivity contribution in [3.05, 3.63) is 23.5 Å². The molecule has 1 N–H and O–H groups in total. The number of carbonyl (C=O) groups is 3. The summed E-state index contributed by atoms with van der Waals surface area (Å²) in [6, 6.07) is 3.30. The third kappa shape index (κ3) is 2.84. The molecule has 5 rings (SSSR count). The van der Waals surface area contributed by atoms with Crippen LogP contribution < -0.4 is 5.32 Å². The van der Waals surface area contributed by atoms with E-state index in [1.807, 2.05) is 0 Å². The Morgan fingerprint density at radius 1 is 1.04 bits per heavy atom. The number of hydrogen-bond acceptors (Lipinski definition) is 4. The van der Waals surface area contributed by atoms with Crippen LogP contribution >= 0.6 is 11.6 Å². The normalized spacial score (nSPS) is 36.7. The smallest absolute Gasteiger partial charge is 0.233 e. The van der Waals surface area contributed by atoms with E-state index in [2.05, 4.69) is 10.3 Å². The fourth-order valence-corrected chi connectivity index (χ4v) is 6.29. The van der Waals surface area contributed by atoms with Crippen LogP contribution in [0.5, 0.6) is 0 Å². The fraction of sp³-hybridized carbons (Fsp3) is 0.619. The Morgan fingerprint density at radius 2 is 1.68 bits per heavy atom. The van der Waals surface area contributed by atoms with E-state index < -0.39 is 0 Å². The summed E-state index contributed by atoms with van der Waals surface area (Å²) in [6.45, 7) is 0. The van der Waals surface area contributed by atoms with Gasteiger partial charge in [-0.05, 0) is 68.9 Å². The molecule has 1 aromatic heterocycles. The number of fused-ring (bicyclic) bond motifs is 5. The van der Waals surface area contributed by atoms with E-state index in [4.69, 9.17) is 11.6 Å². The van der Waals surface area contributed by atoms with Gasteiger partial charge in [0.2, 0.25) is 17.7 Å². The minimum absolute atomic E-state index is 0.0327. The molecule has 2 heterocycles. The van der Waals surface area contributed by atoms with Crippen LogP contribution in [-0.4, -0.2) is 33.6 Å². The molecule has 1 aromatic rings. The highest BCUT2D eigenvalue weighted by molar-refractivity contribution is 6.29. The average molecular weight is 402 g/mol. The lowest BCUT2D eigenvalue weighted by atomic mass is 9.81. The summed E-state index contributed by atoms with van der Waals surface area (Å²) in [5.41, 5.74) is 0.639. The molecule has 3 amide bonds. The van der Waals surface area contributed by atoms with Gasteiger partial charge in [-0.3, -0.25) is 19.3 Å². The summed E-state index contributed by atoms with van der Waals surface area (Å²) in [5, 5.41) is 3.24. The number of carbonyl (C=O) groups excluding carboxylic acids is 3. The maximum Gasteiger partial charge on any atom is 0.233 e. The number of imide groups is 1. The topological polar surface area (TPSA) is 79.4 Å². The highest BCUT2D eigenvalue weighted by Crippen LogP contribution is 2.56. The number of hydrogen-bond donors (Lipinski definition) is 1. The van der Waals surface area contributed by atoms with Crippen molar-refractivity contribution in [3.63, 3.8) is 0 Å². The van der Waals surface area contributed by atoms with Crippen molar-refractivity contribution in [2.45, 2.75) is 51.0 Å². The van der Waals surface area contributed by atoms with Crippen LogP contribution in [0.3, 0.4) is 0 Å². The minimum atomic E-state index is -0.105. The number of likely N-dealkylation sites (tertiary alicyclic amines) is 1. The summed E-state index contributed by atoms with van der Waals surface area (Å²) in [6.07, 6.45) is 7.62. The monoisotopic (exact) mass is 401 g/mol. The number of rotatable bonds is 3. The molecule has 2 bridgehead atoms. The number of anilines is 1. The zero-order valence-corrected chi connectivity index (χ0v) is 16.4. The van der Waals surface area contributed by atoms with Gasteiger partial charge in [0, 0.05) is 23.8 Å². The van der Waals surface area contributed by atoms with Crippen LogP contribution in [0.4, 0.5) is 5.69 Å². The van der Waals surface area contributed by atoms with Crippen molar-refractivity contribution in [2.24, 2.45) is 29.6 Å². The summed E-state index contributed by atoms with van der Waals surface area (Å²) >= 11 is 5.87. The number of pyridine rings is 1. The Balaban J connectivity index is 1.21. The Bertz CT molecular complexity index is 808. The maximum atomic E-state index is 13.0. The van der Waals surface area contributed by atoms with Gasteiger partial charge in [-0.2, -0.15) is 0 Å². The van der Waals surface area contributed by atoms with E-state index in [1.54, 1.807) is 23.2 Å². The third-order valence-electron chi connectivity index (χ3n) is 7.39. The highest BCUT2D eigenvalue weighted by Gasteiger charge is 2.61. The molecule has 0 radical (unpaired) electrons. The first-order valence-electron chi connectivity index (χ1n) is 10.3. The second-order valence-electron chi connectivity index (χ2n) is 8.79. The predicted molar refractivity (Wildman–Crippen MR) is 103 cm³/mol. The average Bonchev–Trinajstić information content (AvgIpc) is 3.36. The molecule has 0 unspecified atom stereocenters. The summed E-state index contributed by atoms with van der Waals surface area (Å²) < 4.78 is 0. The molecule has 0 aromatic carbocycles. The summed E-state index contributed by atoms with van der Waals surface area (Å²) in [5.74, 6) is 0.744. The lowest BCUT2D eigenvalue weighted by Crippen LogP contribution is -2.44. The van der Waals surface area contributed by atoms with Crippen LogP contribution in [-0.2, 0) is 14.4 Å². The van der Waals surface area contributed by atoms with E-state index >= 15 is 0 Å². The largest absolute Gasteiger partial charge is 0.326 e. The second-order valence-corrected chi connectivity index (χ2v) is 9.18. The molecule has 148 valence electrons. The molecule has 4 fully saturated rings. The van der Waals surface area contributed by atoms with Crippen molar-refractivity contribution >= 4 is 35.0 Å². The number of halogens is 1. The molecular weight excluding hydrogens is 378 g/mol. The van der Waals surface area contributed by atoms with Crippen molar-refractivity contribution < 1.29 is 14.4 Å². The van der Waals surface area contributed by atoms with Gasteiger partial charge in [0.15, 0.2) is 0 Å². The van der Waals surface area contributed by atoms with Gasteiger partial charge in [0.1, 0.15) is 5.15 Å². The molecule has 28 heavy (non-hydrogen) atoms. The Labute approximate surface area is 169 Å². The first kappa shape index (κ1) is 18.1. The molecule has 0 spiro atoms. The molecule has 4 aliphatic rings. The molecule has 4 atom stereocenters. The van der Waals surface area contributed by atoms with Crippen LogP contribution in [0.2, 0.25) is 5.15 Å². The van der Waals surface area contributed by atoms with Gasteiger partial charge in [0.25, 0.3) is 0 Å². The predicted octanol–water partition coefficient (Wildman–Crippen LogP) is 3.26. The van der Waals surface area contributed by atoms with Gasteiger partial charge in [-0.25, -0.2) is 4.98 Å². The van der Waals surface area contributed by atoms with Gasteiger partial charge in [-0.1, -0.05) is 11.6 Å². The third-order valence-corrected chi connectivity index (χ3v) is 7.59. The van der Waals surface area contributed by atoms with E-state index in [0.29, 0.717) is 48.4 Å². The Kier molecular flexibility index (Phi) is 4.42. The zero-order chi connectivity index (χ0) is 19.4. The fourth-order valence-electron chi connectivity index (χ4n) is 6.11. The lowest BCUT2D eigenvalue weighted by Gasteiger charge is -2.33. The van der Waals surface area contributed by atoms with Crippen molar-refractivity contribution in [3.8, 4) is 0 Å². The number of aromatic nitrogens is 1. The van der Waals surface area contributed by atoms with E-state index in [0.717, 1.165) is 19.3 Å². The van der Waals surface area contributed by atoms with Gasteiger partial charge >= 0.3 is 0 Å². The first-order valence-corrected chi connectivity index (χ1v) is 10.7. The van der Waals surface area contributed by atoms with Crippen molar-refractivity contribution in [1.29, 1.82) is 0 Å². The number of amides is 3. The SMILES string of the molecule is O=C1[C@@H]2[C@@H]3CC[C@@H](C3)[C@@H]2C(=O)N1[C@H]1CC[C@H](C(=O)Nc2ccnc(Cl)c2)CC1. The zero-order valence-electron chi connectivity index (χ0n) is 15.6. The molecule has 3 aliphatic carbocycles. The summed E-state index contributed by atoms with van der Waals surface area (Å²) in [7, 11) is 0. The first-order chi connectivity index (χ1) is 13.5. The summed E-state index contributed by atoms with van der Waals surface area (Å²) in [4.78, 5) is 44.0. The van der Waals surface area contributed by atoms with Crippen LogP contribution in [0.1, 0.15) is 44.9 Å². The molecule has 1 saturated heterocycles. The number of nitrogens with zero attached hydrogens (tertiary/aromatic N) is 2. The van der Waals surface area contributed by atoms with E-state index in [1.165, 1.54) is 0 Å². The van der Waals surface area contributed by atoms with Gasteiger partial charge in [0.05, 0.1) is 11.8 Å². The van der Waals surface area contributed by atoms with Crippen molar-refractivity contribution in [1.82, 2.24) is 9.88 Å². The Morgan fingerprint density at radius 3 is 2.29 bits per heavy atom. The molecule has 7 heteroatoms.